The Morgan fingerprint density at radius 3 is 3.00 bits per heavy atom. The van der Waals surface area contributed by atoms with Crippen molar-refractivity contribution in [3.63, 3.8) is 0 Å². The number of likely N-dealkylation sites (N-methyl/N-ethyl adjacent to an activating group) is 1. The Bertz CT molecular complexity index is 445. The molecule has 2 rings (SSSR count). The Morgan fingerprint density at radius 2 is 2.27 bits per heavy atom. The summed E-state index contributed by atoms with van der Waals surface area (Å²) in [7, 11) is 1.92. The standard InChI is InChI=1S/C12H12N2O/c1-3-9-4-5-10-7-14(2)8-12(15)13-11(10)6-9/h1,4-6H,7-8H2,2H3,(H,13,15). The van der Waals surface area contributed by atoms with Crippen molar-refractivity contribution in [1.29, 1.82) is 0 Å². The normalized spacial score (nSPS) is 16.1. The second kappa shape index (κ2) is 3.76. The Balaban J connectivity index is 2.43. The van der Waals surface area contributed by atoms with Crippen LogP contribution in [0.25, 0.3) is 0 Å². The van der Waals surface area contributed by atoms with Gasteiger partial charge in [0.1, 0.15) is 0 Å². The second-order valence-corrected chi connectivity index (χ2v) is 3.74. The maximum atomic E-state index is 11.5. The van der Waals surface area contributed by atoms with Gasteiger partial charge in [0.05, 0.1) is 6.54 Å². The van der Waals surface area contributed by atoms with Crippen molar-refractivity contribution in [1.82, 2.24) is 4.90 Å². The van der Waals surface area contributed by atoms with E-state index in [4.69, 9.17) is 6.42 Å². The summed E-state index contributed by atoms with van der Waals surface area (Å²) in [6.07, 6.45) is 5.31. The number of anilines is 1. The van der Waals surface area contributed by atoms with E-state index in [0.29, 0.717) is 6.54 Å². The van der Waals surface area contributed by atoms with Crippen LogP contribution in [0, 0.1) is 12.3 Å². The number of carbonyl (C=O) groups is 1. The highest BCUT2D eigenvalue weighted by Crippen LogP contribution is 2.21. The average molecular weight is 200 g/mol. The third-order valence-electron chi connectivity index (χ3n) is 2.40. The summed E-state index contributed by atoms with van der Waals surface area (Å²) in [5.74, 6) is 2.56. The number of fused-ring (bicyclic) bond motifs is 1. The lowest BCUT2D eigenvalue weighted by Gasteiger charge is -2.11. The van der Waals surface area contributed by atoms with Crippen molar-refractivity contribution >= 4 is 11.6 Å². The second-order valence-electron chi connectivity index (χ2n) is 3.74. The van der Waals surface area contributed by atoms with Gasteiger partial charge in [0, 0.05) is 17.8 Å². The molecule has 0 saturated carbocycles. The zero-order valence-electron chi connectivity index (χ0n) is 8.58. The minimum absolute atomic E-state index is 0.00502. The molecule has 0 aromatic heterocycles. The maximum Gasteiger partial charge on any atom is 0.238 e. The summed E-state index contributed by atoms with van der Waals surface area (Å²) in [6, 6.07) is 5.70. The Hall–Kier alpha value is -1.79. The molecule has 1 aliphatic heterocycles. The smallest absolute Gasteiger partial charge is 0.238 e. The predicted octanol–water partition coefficient (Wildman–Crippen LogP) is 1.05. The fraction of sp³-hybridized carbons (Fsp3) is 0.250. The summed E-state index contributed by atoms with van der Waals surface area (Å²) < 4.78 is 0. The summed E-state index contributed by atoms with van der Waals surface area (Å²) in [6.45, 7) is 1.18. The molecule has 0 fully saturated rings. The molecule has 0 unspecified atom stereocenters. The molecule has 1 aromatic carbocycles. The number of benzene rings is 1. The van der Waals surface area contributed by atoms with Crippen LogP contribution < -0.4 is 5.32 Å². The first-order valence-electron chi connectivity index (χ1n) is 4.77. The Kier molecular flexibility index (Phi) is 2.44. The summed E-state index contributed by atoms with van der Waals surface area (Å²) >= 11 is 0. The number of terminal acetylenes is 1. The van der Waals surface area contributed by atoms with E-state index >= 15 is 0 Å². The van der Waals surface area contributed by atoms with Gasteiger partial charge in [-0.05, 0) is 24.7 Å². The van der Waals surface area contributed by atoms with Crippen LogP contribution in [-0.4, -0.2) is 24.4 Å². The van der Waals surface area contributed by atoms with Gasteiger partial charge in [-0.25, -0.2) is 0 Å². The molecule has 15 heavy (non-hydrogen) atoms. The van der Waals surface area contributed by atoms with Crippen LogP contribution in [-0.2, 0) is 11.3 Å². The summed E-state index contributed by atoms with van der Waals surface area (Å²) in [5, 5.41) is 2.85. The van der Waals surface area contributed by atoms with E-state index in [0.717, 1.165) is 23.4 Å². The summed E-state index contributed by atoms with van der Waals surface area (Å²) in [5.41, 5.74) is 2.72. The van der Waals surface area contributed by atoms with Crippen LogP contribution in [0.5, 0.6) is 0 Å². The number of nitrogens with one attached hydrogen (secondary N) is 1. The number of nitrogens with zero attached hydrogens (tertiary/aromatic N) is 1. The van der Waals surface area contributed by atoms with Crippen LogP contribution in [0.4, 0.5) is 5.69 Å². The fourth-order valence-corrected chi connectivity index (χ4v) is 1.70. The molecule has 1 heterocycles. The molecule has 0 radical (unpaired) electrons. The van der Waals surface area contributed by atoms with Crippen molar-refractivity contribution in [3.05, 3.63) is 29.3 Å². The maximum absolute atomic E-state index is 11.5. The van der Waals surface area contributed by atoms with Gasteiger partial charge < -0.3 is 5.32 Å². The lowest BCUT2D eigenvalue weighted by Crippen LogP contribution is -2.26. The quantitative estimate of drug-likeness (QED) is 0.635. The molecule has 1 aromatic rings. The topological polar surface area (TPSA) is 32.3 Å². The van der Waals surface area contributed by atoms with Crippen LogP contribution in [0.1, 0.15) is 11.1 Å². The van der Waals surface area contributed by atoms with Gasteiger partial charge in [0.2, 0.25) is 5.91 Å². The molecule has 1 N–H and O–H groups in total. The minimum Gasteiger partial charge on any atom is -0.325 e. The first-order chi connectivity index (χ1) is 7.19. The first-order valence-corrected chi connectivity index (χ1v) is 4.77. The molecular weight excluding hydrogens is 188 g/mol. The monoisotopic (exact) mass is 200 g/mol. The number of hydrogen-bond acceptors (Lipinski definition) is 2. The molecule has 3 heteroatoms. The molecule has 0 saturated heterocycles. The largest absolute Gasteiger partial charge is 0.325 e. The van der Waals surface area contributed by atoms with Gasteiger partial charge in [-0.15, -0.1) is 6.42 Å². The lowest BCUT2D eigenvalue weighted by molar-refractivity contribution is -0.116. The number of rotatable bonds is 0. The van der Waals surface area contributed by atoms with Gasteiger partial charge >= 0.3 is 0 Å². The highest BCUT2D eigenvalue weighted by Gasteiger charge is 2.16. The summed E-state index contributed by atoms with van der Waals surface area (Å²) in [4.78, 5) is 13.4. The zero-order chi connectivity index (χ0) is 10.8. The van der Waals surface area contributed by atoms with E-state index in [-0.39, 0.29) is 5.91 Å². The van der Waals surface area contributed by atoms with Gasteiger partial charge in [0.25, 0.3) is 0 Å². The highest BCUT2D eigenvalue weighted by atomic mass is 16.2. The van der Waals surface area contributed by atoms with Crippen molar-refractivity contribution in [2.24, 2.45) is 0 Å². The lowest BCUT2D eigenvalue weighted by atomic mass is 10.1. The van der Waals surface area contributed by atoms with Gasteiger partial charge in [-0.1, -0.05) is 12.0 Å². The molecule has 0 atom stereocenters. The highest BCUT2D eigenvalue weighted by molar-refractivity contribution is 5.93. The van der Waals surface area contributed by atoms with Gasteiger partial charge in [-0.3, -0.25) is 9.69 Å². The molecule has 1 aliphatic rings. The van der Waals surface area contributed by atoms with Gasteiger partial charge in [0.15, 0.2) is 0 Å². The van der Waals surface area contributed by atoms with Crippen molar-refractivity contribution in [3.8, 4) is 12.3 Å². The minimum atomic E-state index is 0.00502. The van der Waals surface area contributed by atoms with Crippen LogP contribution in [0.2, 0.25) is 0 Å². The average Bonchev–Trinajstić information content (AvgIpc) is 2.33. The number of hydrogen-bond donors (Lipinski definition) is 1. The molecule has 0 bridgehead atoms. The van der Waals surface area contributed by atoms with Gasteiger partial charge in [-0.2, -0.15) is 0 Å². The molecule has 3 nitrogen and oxygen atoms in total. The molecule has 0 spiro atoms. The predicted molar refractivity (Wildman–Crippen MR) is 59.3 cm³/mol. The number of carbonyl (C=O) groups excluding carboxylic acids is 1. The molecule has 0 aliphatic carbocycles. The number of amides is 1. The van der Waals surface area contributed by atoms with Crippen LogP contribution in [0.15, 0.2) is 18.2 Å². The van der Waals surface area contributed by atoms with E-state index < -0.39 is 0 Å². The van der Waals surface area contributed by atoms with Crippen molar-refractivity contribution in [2.75, 3.05) is 18.9 Å². The fourth-order valence-electron chi connectivity index (χ4n) is 1.70. The van der Waals surface area contributed by atoms with E-state index in [2.05, 4.69) is 11.2 Å². The molecular formula is C12H12N2O. The molecule has 76 valence electrons. The van der Waals surface area contributed by atoms with Crippen LogP contribution in [0.3, 0.4) is 0 Å². The van der Waals surface area contributed by atoms with Crippen molar-refractivity contribution < 1.29 is 4.79 Å². The van der Waals surface area contributed by atoms with E-state index in [9.17, 15) is 4.79 Å². The third-order valence-corrected chi connectivity index (χ3v) is 2.40. The van der Waals surface area contributed by atoms with E-state index in [1.807, 2.05) is 30.1 Å². The van der Waals surface area contributed by atoms with Crippen LogP contribution >= 0.6 is 0 Å². The Labute approximate surface area is 89.1 Å². The third kappa shape index (κ3) is 2.00. The van der Waals surface area contributed by atoms with E-state index in [1.54, 1.807) is 0 Å². The first kappa shape index (κ1) is 9.75. The SMILES string of the molecule is C#Cc1ccc2c(c1)NC(=O)CN(C)C2. The Morgan fingerprint density at radius 1 is 1.47 bits per heavy atom. The van der Waals surface area contributed by atoms with E-state index in [1.165, 1.54) is 0 Å². The zero-order valence-corrected chi connectivity index (χ0v) is 8.58. The molecule has 1 amide bonds. The van der Waals surface area contributed by atoms with Crippen molar-refractivity contribution in [2.45, 2.75) is 6.54 Å².